The van der Waals surface area contributed by atoms with E-state index in [2.05, 4.69) is 12.2 Å². The predicted octanol–water partition coefficient (Wildman–Crippen LogP) is 1.19. The predicted molar refractivity (Wildman–Crippen MR) is 66.5 cm³/mol. The quantitative estimate of drug-likeness (QED) is 0.762. The molecular weight excluding hydrogens is 216 g/mol. The zero-order chi connectivity index (χ0) is 12.5. The van der Waals surface area contributed by atoms with Gasteiger partial charge in [-0.2, -0.15) is 0 Å². The summed E-state index contributed by atoms with van der Waals surface area (Å²) in [5.74, 6) is 0.140. The van der Waals surface area contributed by atoms with E-state index < -0.39 is 0 Å². The number of carbonyl (C=O) groups is 1. The van der Waals surface area contributed by atoms with Gasteiger partial charge in [0.25, 0.3) is 0 Å². The van der Waals surface area contributed by atoms with Crippen LogP contribution in [0.2, 0.25) is 0 Å². The van der Waals surface area contributed by atoms with Crippen LogP contribution in [0, 0.1) is 5.41 Å². The maximum absolute atomic E-state index is 12.3. The van der Waals surface area contributed by atoms with Crippen LogP contribution in [0.4, 0.5) is 0 Å². The van der Waals surface area contributed by atoms with E-state index in [0.29, 0.717) is 0 Å². The molecule has 1 saturated heterocycles. The lowest BCUT2D eigenvalue weighted by Gasteiger charge is -2.33. The SMILES string of the molecule is CC1CC(NC(=O)C2(C)CCCC2N)CCO1. The Morgan fingerprint density at radius 1 is 1.47 bits per heavy atom. The first-order chi connectivity index (χ1) is 8.02. The highest BCUT2D eigenvalue weighted by atomic mass is 16.5. The number of hydrogen-bond donors (Lipinski definition) is 2. The molecule has 17 heavy (non-hydrogen) atoms. The molecular formula is C13H24N2O2. The third-order valence-corrected chi connectivity index (χ3v) is 4.37. The van der Waals surface area contributed by atoms with Gasteiger partial charge in [0.05, 0.1) is 11.5 Å². The summed E-state index contributed by atoms with van der Waals surface area (Å²) in [6.07, 6.45) is 5.03. The van der Waals surface area contributed by atoms with Crippen LogP contribution in [0.1, 0.15) is 46.0 Å². The Balaban J connectivity index is 1.92. The summed E-state index contributed by atoms with van der Waals surface area (Å²) < 4.78 is 5.49. The summed E-state index contributed by atoms with van der Waals surface area (Å²) in [6, 6.07) is 0.274. The van der Waals surface area contributed by atoms with Crippen molar-refractivity contribution in [1.82, 2.24) is 5.32 Å². The molecule has 0 aromatic heterocycles. The molecule has 1 heterocycles. The van der Waals surface area contributed by atoms with Gasteiger partial charge in [0, 0.05) is 18.7 Å². The number of amides is 1. The summed E-state index contributed by atoms with van der Waals surface area (Å²) in [7, 11) is 0. The zero-order valence-electron chi connectivity index (χ0n) is 10.9. The van der Waals surface area contributed by atoms with Crippen LogP contribution in [0.5, 0.6) is 0 Å². The molecule has 1 aliphatic carbocycles. The van der Waals surface area contributed by atoms with Gasteiger partial charge in [0.2, 0.25) is 5.91 Å². The largest absolute Gasteiger partial charge is 0.378 e. The number of hydrogen-bond acceptors (Lipinski definition) is 3. The highest BCUT2D eigenvalue weighted by Gasteiger charge is 2.43. The molecule has 2 fully saturated rings. The normalized spacial score (nSPS) is 42.4. The minimum absolute atomic E-state index is 0.0137. The molecule has 4 atom stereocenters. The smallest absolute Gasteiger partial charge is 0.227 e. The number of ether oxygens (including phenoxy) is 1. The van der Waals surface area contributed by atoms with E-state index in [1.54, 1.807) is 0 Å². The zero-order valence-corrected chi connectivity index (χ0v) is 10.9. The van der Waals surface area contributed by atoms with Gasteiger partial charge in [-0.05, 0) is 39.5 Å². The number of nitrogens with two attached hydrogens (primary N) is 1. The highest BCUT2D eigenvalue weighted by molar-refractivity contribution is 5.83. The summed E-state index contributed by atoms with van der Waals surface area (Å²) in [5.41, 5.74) is 5.70. The van der Waals surface area contributed by atoms with Crippen LogP contribution in [-0.2, 0) is 9.53 Å². The van der Waals surface area contributed by atoms with Crippen molar-refractivity contribution in [1.29, 1.82) is 0 Å². The Morgan fingerprint density at radius 3 is 2.82 bits per heavy atom. The molecule has 1 amide bonds. The Kier molecular flexibility index (Phi) is 3.73. The second kappa shape index (κ2) is 4.94. The Morgan fingerprint density at radius 2 is 2.24 bits per heavy atom. The van der Waals surface area contributed by atoms with Crippen LogP contribution in [-0.4, -0.2) is 30.7 Å². The van der Waals surface area contributed by atoms with Crippen LogP contribution >= 0.6 is 0 Å². The van der Waals surface area contributed by atoms with Crippen molar-refractivity contribution in [2.24, 2.45) is 11.1 Å². The fourth-order valence-electron chi connectivity index (χ4n) is 2.95. The van der Waals surface area contributed by atoms with E-state index in [4.69, 9.17) is 10.5 Å². The average Bonchev–Trinajstić information content (AvgIpc) is 2.60. The molecule has 3 N–H and O–H groups in total. The standard InChI is InChI=1S/C13H24N2O2/c1-9-8-10(5-7-17-9)15-12(16)13(2)6-3-4-11(13)14/h9-11H,3-8,14H2,1-2H3,(H,15,16). The lowest BCUT2D eigenvalue weighted by atomic mass is 9.83. The molecule has 0 spiro atoms. The number of nitrogens with one attached hydrogen (secondary N) is 1. The van der Waals surface area contributed by atoms with Gasteiger partial charge < -0.3 is 15.8 Å². The topological polar surface area (TPSA) is 64.4 Å². The van der Waals surface area contributed by atoms with Gasteiger partial charge >= 0.3 is 0 Å². The van der Waals surface area contributed by atoms with Crippen molar-refractivity contribution in [2.75, 3.05) is 6.61 Å². The fourth-order valence-corrected chi connectivity index (χ4v) is 2.95. The van der Waals surface area contributed by atoms with Gasteiger partial charge in [-0.25, -0.2) is 0 Å². The van der Waals surface area contributed by atoms with E-state index in [0.717, 1.165) is 38.7 Å². The van der Waals surface area contributed by atoms with E-state index >= 15 is 0 Å². The molecule has 4 nitrogen and oxygen atoms in total. The third kappa shape index (κ3) is 2.63. The van der Waals surface area contributed by atoms with Crippen molar-refractivity contribution in [3.05, 3.63) is 0 Å². The maximum atomic E-state index is 12.3. The highest BCUT2D eigenvalue weighted by Crippen LogP contribution is 2.37. The summed E-state index contributed by atoms with van der Waals surface area (Å²) in [4.78, 5) is 12.3. The first-order valence-corrected chi connectivity index (χ1v) is 6.70. The molecule has 0 aromatic carbocycles. The van der Waals surface area contributed by atoms with Gasteiger partial charge in [-0.1, -0.05) is 6.42 Å². The minimum Gasteiger partial charge on any atom is -0.378 e. The second-order valence-electron chi connectivity index (χ2n) is 5.79. The first-order valence-electron chi connectivity index (χ1n) is 6.70. The first kappa shape index (κ1) is 12.8. The molecule has 2 aliphatic rings. The molecule has 98 valence electrons. The number of rotatable bonds is 2. The van der Waals surface area contributed by atoms with Crippen molar-refractivity contribution >= 4 is 5.91 Å². The Labute approximate surface area is 103 Å². The maximum Gasteiger partial charge on any atom is 0.227 e. The van der Waals surface area contributed by atoms with E-state index in [1.165, 1.54) is 0 Å². The van der Waals surface area contributed by atoms with Crippen LogP contribution in [0.15, 0.2) is 0 Å². The van der Waals surface area contributed by atoms with Crippen molar-refractivity contribution in [3.8, 4) is 0 Å². The molecule has 1 saturated carbocycles. The van der Waals surface area contributed by atoms with Crippen molar-refractivity contribution in [2.45, 2.75) is 64.1 Å². The van der Waals surface area contributed by atoms with Crippen LogP contribution in [0.3, 0.4) is 0 Å². The molecule has 1 aliphatic heterocycles. The number of carbonyl (C=O) groups excluding carboxylic acids is 1. The lowest BCUT2D eigenvalue weighted by Crippen LogP contribution is -2.51. The van der Waals surface area contributed by atoms with E-state index in [9.17, 15) is 4.79 Å². The second-order valence-corrected chi connectivity index (χ2v) is 5.79. The summed E-state index contributed by atoms with van der Waals surface area (Å²) in [5, 5.41) is 3.16. The van der Waals surface area contributed by atoms with E-state index in [1.807, 2.05) is 6.92 Å². The van der Waals surface area contributed by atoms with Gasteiger partial charge in [0.15, 0.2) is 0 Å². The van der Waals surface area contributed by atoms with E-state index in [-0.39, 0.29) is 29.5 Å². The molecule has 0 radical (unpaired) electrons. The van der Waals surface area contributed by atoms with Crippen molar-refractivity contribution < 1.29 is 9.53 Å². The van der Waals surface area contributed by atoms with Crippen LogP contribution < -0.4 is 11.1 Å². The molecule has 4 unspecified atom stereocenters. The van der Waals surface area contributed by atoms with Gasteiger partial charge in [-0.15, -0.1) is 0 Å². The summed E-state index contributed by atoms with van der Waals surface area (Å²) >= 11 is 0. The molecule has 4 heteroatoms. The minimum atomic E-state index is -0.360. The van der Waals surface area contributed by atoms with Gasteiger partial charge in [-0.3, -0.25) is 4.79 Å². The lowest BCUT2D eigenvalue weighted by molar-refractivity contribution is -0.132. The summed E-state index contributed by atoms with van der Waals surface area (Å²) in [6.45, 7) is 4.80. The Bertz CT molecular complexity index is 295. The molecule has 2 rings (SSSR count). The Hall–Kier alpha value is -0.610. The van der Waals surface area contributed by atoms with Gasteiger partial charge in [0.1, 0.15) is 0 Å². The monoisotopic (exact) mass is 240 g/mol. The van der Waals surface area contributed by atoms with Crippen molar-refractivity contribution in [3.63, 3.8) is 0 Å². The molecule has 0 bridgehead atoms. The average molecular weight is 240 g/mol. The van der Waals surface area contributed by atoms with Crippen LogP contribution in [0.25, 0.3) is 0 Å². The third-order valence-electron chi connectivity index (χ3n) is 4.37. The fraction of sp³-hybridized carbons (Fsp3) is 0.923. The molecule has 0 aromatic rings.